The van der Waals surface area contributed by atoms with Crippen molar-refractivity contribution in [3.8, 4) is 0 Å². The Kier molecular flexibility index (Phi) is 0.943. The Labute approximate surface area is 57.8 Å². The van der Waals surface area contributed by atoms with Crippen LogP contribution in [0.4, 0.5) is 0 Å². The summed E-state index contributed by atoms with van der Waals surface area (Å²) in [5, 5.41) is 11.1. The molecule has 0 aromatic rings. The van der Waals surface area contributed by atoms with E-state index < -0.39 is 0 Å². The summed E-state index contributed by atoms with van der Waals surface area (Å²) in [7, 11) is 0. The summed E-state index contributed by atoms with van der Waals surface area (Å²) in [6.07, 6.45) is 4.34. The summed E-state index contributed by atoms with van der Waals surface area (Å²) in [6, 6.07) is 0. The zero-order chi connectivity index (χ0) is 6.97. The van der Waals surface area contributed by atoms with Gasteiger partial charge in [0.25, 0.3) is 0 Å². The fourth-order valence-corrected chi connectivity index (χ4v) is 0.927. The van der Waals surface area contributed by atoms with E-state index in [0.717, 1.165) is 17.1 Å². The van der Waals surface area contributed by atoms with Gasteiger partial charge in [-0.25, -0.2) is 0 Å². The Morgan fingerprint density at radius 2 is 2.30 bits per heavy atom. The second-order valence-corrected chi connectivity index (χ2v) is 2.21. The number of nitrogens with two attached hydrogens (primary N) is 1. The van der Waals surface area contributed by atoms with E-state index in [4.69, 9.17) is 5.73 Å². The molecule has 0 amide bonds. The van der Waals surface area contributed by atoms with Crippen molar-refractivity contribution in [3.63, 3.8) is 0 Å². The lowest BCUT2D eigenvalue weighted by Gasteiger charge is -2.04. The molecule has 0 radical (unpaired) electrons. The molecule has 1 heterocycles. The Balaban J connectivity index is 2.42. The summed E-state index contributed by atoms with van der Waals surface area (Å²) in [5.74, 6) is 0. The van der Waals surface area contributed by atoms with E-state index in [1.54, 1.807) is 0 Å². The molecule has 0 bridgehead atoms. The minimum atomic E-state index is 0.679. The fraction of sp³-hybridized carbons (Fsp3) is 0.167. The van der Waals surface area contributed by atoms with E-state index in [-0.39, 0.29) is 0 Å². The smallest absolute Gasteiger partial charge is 0.111 e. The number of nitrogens with zero attached hydrogens (tertiary/aromatic N) is 3. The minimum absolute atomic E-state index is 0.679. The Hall–Kier alpha value is -1.45. The van der Waals surface area contributed by atoms with Crippen molar-refractivity contribution in [1.29, 1.82) is 0 Å². The molecule has 2 aliphatic rings. The van der Waals surface area contributed by atoms with Crippen LogP contribution in [0.2, 0.25) is 0 Å². The lowest BCUT2D eigenvalue weighted by atomic mass is 10.1. The van der Waals surface area contributed by atoms with Gasteiger partial charge in [0.05, 0.1) is 5.71 Å². The highest BCUT2D eigenvalue weighted by Crippen LogP contribution is 2.18. The molecule has 50 valence electrons. The van der Waals surface area contributed by atoms with Crippen LogP contribution in [0.15, 0.2) is 39.0 Å². The molecule has 1 aliphatic heterocycles. The van der Waals surface area contributed by atoms with Crippen LogP contribution in [0, 0.1) is 0 Å². The van der Waals surface area contributed by atoms with Crippen LogP contribution in [0.3, 0.4) is 0 Å². The van der Waals surface area contributed by atoms with Crippen molar-refractivity contribution in [1.82, 2.24) is 0 Å². The molecule has 0 aromatic heterocycles. The van der Waals surface area contributed by atoms with Crippen LogP contribution >= 0.6 is 0 Å². The van der Waals surface area contributed by atoms with Crippen molar-refractivity contribution in [2.45, 2.75) is 6.42 Å². The van der Waals surface area contributed by atoms with Crippen LogP contribution in [0.1, 0.15) is 6.42 Å². The summed E-state index contributed by atoms with van der Waals surface area (Å²) in [4.78, 5) is 0. The Morgan fingerprint density at radius 3 is 3.20 bits per heavy atom. The monoisotopic (exact) mass is 134 g/mol. The van der Waals surface area contributed by atoms with E-state index in [0.29, 0.717) is 6.42 Å². The van der Waals surface area contributed by atoms with E-state index in [9.17, 15) is 0 Å². The first-order valence-corrected chi connectivity index (χ1v) is 3.00. The zero-order valence-corrected chi connectivity index (χ0v) is 5.28. The van der Waals surface area contributed by atoms with Gasteiger partial charge < -0.3 is 5.73 Å². The van der Waals surface area contributed by atoms with Crippen LogP contribution in [-0.2, 0) is 0 Å². The predicted molar refractivity (Wildman–Crippen MR) is 37.3 cm³/mol. The van der Waals surface area contributed by atoms with E-state index in [2.05, 4.69) is 15.4 Å². The lowest BCUT2D eigenvalue weighted by molar-refractivity contribution is 1.09. The third kappa shape index (κ3) is 0.655. The number of hydrogen-bond donors (Lipinski definition) is 1. The maximum atomic E-state index is 5.54. The Morgan fingerprint density at radius 1 is 1.40 bits per heavy atom. The molecule has 0 atom stereocenters. The molecule has 4 heteroatoms. The average molecular weight is 134 g/mol. The lowest BCUT2D eigenvalue weighted by Crippen LogP contribution is -2.09. The predicted octanol–water partition coefficient (Wildman–Crippen LogP) is 0.938. The highest BCUT2D eigenvalue weighted by atomic mass is 15.4. The first-order chi connectivity index (χ1) is 4.86. The summed E-state index contributed by atoms with van der Waals surface area (Å²) in [5.41, 5.74) is 8.07. The largest absolute Gasteiger partial charge is 0.402 e. The van der Waals surface area contributed by atoms with Crippen molar-refractivity contribution in [2.75, 3.05) is 0 Å². The summed E-state index contributed by atoms with van der Waals surface area (Å²) < 4.78 is 0. The van der Waals surface area contributed by atoms with Crippen molar-refractivity contribution in [2.24, 2.45) is 21.2 Å². The van der Waals surface area contributed by atoms with Gasteiger partial charge in [-0.15, -0.1) is 10.2 Å². The van der Waals surface area contributed by atoms with Crippen LogP contribution in [0.25, 0.3) is 0 Å². The zero-order valence-electron chi connectivity index (χ0n) is 5.28. The highest BCUT2D eigenvalue weighted by molar-refractivity contribution is 6.03. The van der Waals surface area contributed by atoms with Gasteiger partial charge in [0.1, 0.15) is 5.70 Å². The maximum absolute atomic E-state index is 5.54. The molecular weight excluding hydrogens is 128 g/mol. The number of rotatable bonds is 0. The average Bonchev–Trinajstić information content (AvgIpc) is 2.33. The number of allylic oxidation sites excluding steroid dienone is 4. The van der Waals surface area contributed by atoms with Crippen molar-refractivity contribution < 1.29 is 0 Å². The Bertz CT molecular complexity index is 282. The second-order valence-electron chi connectivity index (χ2n) is 2.21. The number of fused-ring (bicyclic) bond motifs is 1. The molecule has 0 saturated heterocycles. The maximum Gasteiger partial charge on any atom is 0.111 e. The first kappa shape index (κ1) is 5.34. The summed E-state index contributed by atoms with van der Waals surface area (Å²) in [6.45, 7) is 0. The normalized spacial score (nSPS) is 21.4. The van der Waals surface area contributed by atoms with Gasteiger partial charge in [-0.3, -0.25) is 0 Å². The third-order valence-electron chi connectivity index (χ3n) is 1.44. The van der Waals surface area contributed by atoms with Gasteiger partial charge in [0.15, 0.2) is 0 Å². The molecule has 0 spiro atoms. The minimum Gasteiger partial charge on any atom is -0.402 e. The fourth-order valence-electron chi connectivity index (χ4n) is 0.927. The SMILES string of the molecule is NC1=CC=C2N=NN=C2C1. The van der Waals surface area contributed by atoms with Crippen molar-refractivity contribution in [3.05, 3.63) is 23.5 Å². The quantitative estimate of drug-likeness (QED) is 0.526. The van der Waals surface area contributed by atoms with Crippen molar-refractivity contribution >= 4 is 5.71 Å². The van der Waals surface area contributed by atoms with Crippen LogP contribution in [-0.4, -0.2) is 5.71 Å². The molecule has 2 rings (SSSR count). The van der Waals surface area contributed by atoms with Gasteiger partial charge in [-0.1, -0.05) is 0 Å². The van der Waals surface area contributed by atoms with Gasteiger partial charge >= 0.3 is 0 Å². The molecular formula is C6H6N4. The molecule has 0 unspecified atom stereocenters. The molecule has 0 saturated carbocycles. The van der Waals surface area contributed by atoms with E-state index in [1.165, 1.54) is 0 Å². The molecule has 2 N–H and O–H groups in total. The van der Waals surface area contributed by atoms with E-state index >= 15 is 0 Å². The number of hydrogen-bond acceptors (Lipinski definition) is 4. The van der Waals surface area contributed by atoms with Gasteiger partial charge in [-0.2, -0.15) is 0 Å². The second kappa shape index (κ2) is 1.76. The molecule has 4 nitrogen and oxygen atoms in total. The van der Waals surface area contributed by atoms with Gasteiger partial charge in [-0.05, 0) is 17.4 Å². The third-order valence-corrected chi connectivity index (χ3v) is 1.44. The standard InChI is InChI=1S/C6H6N4/c7-4-1-2-5-6(3-4)9-10-8-5/h1-2H,3,7H2. The molecule has 1 aliphatic carbocycles. The highest BCUT2D eigenvalue weighted by Gasteiger charge is 2.15. The van der Waals surface area contributed by atoms with Crippen LogP contribution < -0.4 is 5.73 Å². The van der Waals surface area contributed by atoms with Gasteiger partial charge in [0, 0.05) is 12.1 Å². The first-order valence-electron chi connectivity index (χ1n) is 3.00. The van der Waals surface area contributed by atoms with E-state index in [1.807, 2.05) is 12.2 Å². The molecule has 0 aromatic carbocycles. The van der Waals surface area contributed by atoms with Gasteiger partial charge in [0.2, 0.25) is 0 Å². The topological polar surface area (TPSA) is 63.1 Å². The molecule has 0 fully saturated rings. The molecule has 10 heavy (non-hydrogen) atoms. The van der Waals surface area contributed by atoms with Crippen LogP contribution in [0.5, 0.6) is 0 Å². The summed E-state index contributed by atoms with van der Waals surface area (Å²) >= 11 is 0.